The number of hydrogen-bond donors (Lipinski definition) is 1. The molecule has 6 nitrogen and oxygen atoms in total. The second-order valence-corrected chi connectivity index (χ2v) is 6.88. The summed E-state index contributed by atoms with van der Waals surface area (Å²) < 4.78 is 17.6. The van der Waals surface area contributed by atoms with Crippen LogP contribution in [0.1, 0.15) is 52.4 Å². The molecule has 3 aliphatic rings. The Labute approximate surface area is 123 Å². The summed E-state index contributed by atoms with van der Waals surface area (Å²) >= 11 is 0. The van der Waals surface area contributed by atoms with Gasteiger partial charge in [0.05, 0.1) is 11.5 Å². The summed E-state index contributed by atoms with van der Waals surface area (Å²) in [5, 5.41) is 8.67. The predicted molar refractivity (Wildman–Crippen MR) is 71.5 cm³/mol. The Morgan fingerprint density at radius 2 is 2.14 bits per heavy atom. The Morgan fingerprint density at radius 3 is 2.81 bits per heavy atom. The minimum absolute atomic E-state index is 0.0435. The van der Waals surface area contributed by atoms with Crippen LogP contribution in [0.15, 0.2) is 0 Å². The molecular weight excluding hydrogens is 276 g/mol. The lowest BCUT2D eigenvalue weighted by atomic mass is 9.87. The second-order valence-electron chi connectivity index (χ2n) is 6.88. The Balaban J connectivity index is 1.57. The van der Waals surface area contributed by atoms with Gasteiger partial charge in [-0.2, -0.15) is 0 Å². The van der Waals surface area contributed by atoms with E-state index in [0.717, 1.165) is 19.3 Å². The van der Waals surface area contributed by atoms with Gasteiger partial charge in [0.15, 0.2) is 5.79 Å². The van der Waals surface area contributed by atoms with Crippen LogP contribution in [0, 0.1) is 5.41 Å². The van der Waals surface area contributed by atoms with E-state index in [1.165, 1.54) is 0 Å². The number of ether oxygens (including phenoxy) is 3. The van der Waals surface area contributed by atoms with Crippen molar-refractivity contribution in [2.24, 2.45) is 5.41 Å². The quantitative estimate of drug-likeness (QED) is 0.798. The summed E-state index contributed by atoms with van der Waals surface area (Å²) in [4.78, 5) is 22.3. The largest absolute Gasteiger partial charge is 0.481 e. The van der Waals surface area contributed by atoms with Gasteiger partial charge in [0.1, 0.15) is 12.2 Å². The summed E-state index contributed by atoms with van der Waals surface area (Å²) in [5.41, 5.74) is -0.626. The minimum atomic E-state index is -0.775. The first kappa shape index (κ1) is 14.8. The van der Waals surface area contributed by atoms with Crippen LogP contribution in [-0.4, -0.2) is 41.1 Å². The molecule has 0 saturated carbocycles. The van der Waals surface area contributed by atoms with Crippen molar-refractivity contribution in [3.05, 3.63) is 0 Å². The normalized spacial score (nSPS) is 40.5. The molecule has 1 spiro atoms. The van der Waals surface area contributed by atoms with Crippen LogP contribution in [0.25, 0.3) is 0 Å². The predicted octanol–water partition coefficient (Wildman–Crippen LogP) is 1.86. The molecular formula is C15H22O6. The molecule has 3 fully saturated rings. The molecule has 0 aromatic carbocycles. The van der Waals surface area contributed by atoms with Gasteiger partial charge in [-0.15, -0.1) is 0 Å². The van der Waals surface area contributed by atoms with E-state index in [4.69, 9.17) is 19.3 Å². The molecule has 3 saturated heterocycles. The maximum atomic E-state index is 11.8. The number of carbonyl (C=O) groups is 2. The lowest BCUT2D eigenvalue weighted by Gasteiger charge is -2.28. The van der Waals surface area contributed by atoms with Gasteiger partial charge < -0.3 is 19.3 Å². The first-order valence-corrected chi connectivity index (χ1v) is 7.61. The number of aliphatic carboxylic acids is 1. The molecule has 0 radical (unpaired) electrons. The van der Waals surface area contributed by atoms with E-state index in [-0.39, 0.29) is 30.7 Å². The lowest BCUT2D eigenvalue weighted by Crippen LogP contribution is -2.37. The van der Waals surface area contributed by atoms with Crippen molar-refractivity contribution >= 4 is 11.9 Å². The third-order valence-corrected chi connectivity index (χ3v) is 4.83. The van der Waals surface area contributed by atoms with Crippen molar-refractivity contribution in [1.82, 2.24) is 0 Å². The first-order chi connectivity index (χ1) is 9.82. The van der Waals surface area contributed by atoms with E-state index in [9.17, 15) is 9.59 Å². The highest BCUT2D eigenvalue weighted by atomic mass is 16.7. The van der Waals surface area contributed by atoms with E-state index in [1.54, 1.807) is 0 Å². The fraction of sp³-hybridized carbons (Fsp3) is 0.867. The van der Waals surface area contributed by atoms with Crippen molar-refractivity contribution in [1.29, 1.82) is 0 Å². The summed E-state index contributed by atoms with van der Waals surface area (Å²) in [5.74, 6) is -1.62. The molecule has 0 amide bonds. The number of carbonyl (C=O) groups excluding carboxylic acids is 1. The van der Waals surface area contributed by atoms with Gasteiger partial charge in [-0.1, -0.05) is 0 Å². The number of carboxylic acids is 1. The molecule has 3 aliphatic heterocycles. The second kappa shape index (κ2) is 4.95. The number of fused-ring (bicyclic) bond motifs is 1. The summed E-state index contributed by atoms with van der Waals surface area (Å²) in [7, 11) is 0. The summed E-state index contributed by atoms with van der Waals surface area (Å²) in [6.45, 7) is 3.69. The molecule has 6 heteroatoms. The molecule has 3 rings (SSSR count). The average Bonchev–Trinajstić information content (AvgIpc) is 2.99. The maximum Gasteiger partial charge on any atom is 0.314 e. The van der Waals surface area contributed by atoms with Gasteiger partial charge in [-0.25, -0.2) is 0 Å². The van der Waals surface area contributed by atoms with Crippen LogP contribution in [0.5, 0.6) is 0 Å². The molecule has 1 N–H and O–H groups in total. The van der Waals surface area contributed by atoms with Crippen LogP contribution in [0.3, 0.4) is 0 Å². The molecule has 0 aromatic rings. The van der Waals surface area contributed by atoms with Crippen LogP contribution in [0.4, 0.5) is 0 Å². The van der Waals surface area contributed by atoms with Crippen molar-refractivity contribution in [2.75, 3.05) is 0 Å². The maximum absolute atomic E-state index is 11.8. The van der Waals surface area contributed by atoms with E-state index in [1.807, 2.05) is 13.8 Å². The van der Waals surface area contributed by atoms with Gasteiger partial charge in [0.25, 0.3) is 0 Å². The van der Waals surface area contributed by atoms with Gasteiger partial charge >= 0.3 is 11.9 Å². The van der Waals surface area contributed by atoms with E-state index in [0.29, 0.717) is 12.8 Å². The Hall–Kier alpha value is -1.14. The number of esters is 1. The zero-order valence-corrected chi connectivity index (χ0v) is 12.5. The van der Waals surface area contributed by atoms with Crippen molar-refractivity contribution in [2.45, 2.75) is 76.5 Å². The molecule has 0 bridgehead atoms. The number of rotatable bonds is 4. The molecule has 3 heterocycles. The third-order valence-electron chi connectivity index (χ3n) is 4.83. The van der Waals surface area contributed by atoms with Crippen LogP contribution >= 0.6 is 0 Å². The summed E-state index contributed by atoms with van der Waals surface area (Å²) in [6, 6.07) is 0. The van der Waals surface area contributed by atoms with Gasteiger partial charge in [0.2, 0.25) is 0 Å². The fourth-order valence-corrected chi connectivity index (χ4v) is 3.61. The topological polar surface area (TPSA) is 82.1 Å². The third kappa shape index (κ3) is 2.55. The standard InChI is InChI=1S/C15H22O6/c1-14(2)12-10(19-13(14)18)8-15(21-12)7-6-9(20-15)4-3-5-11(16)17/h9-10,12H,3-8H2,1-2H3,(H,16,17). The minimum Gasteiger partial charge on any atom is -0.481 e. The van der Waals surface area contributed by atoms with Crippen LogP contribution in [0.2, 0.25) is 0 Å². The molecule has 0 aromatic heterocycles. The number of hydrogen-bond acceptors (Lipinski definition) is 5. The van der Waals surface area contributed by atoms with E-state index < -0.39 is 17.2 Å². The highest BCUT2D eigenvalue weighted by molar-refractivity contribution is 5.79. The smallest absolute Gasteiger partial charge is 0.314 e. The lowest BCUT2D eigenvalue weighted by molar-refractivity contribution is -0.228. The molecule has 0 aliphatic carbocycles. The van der Waals surface area contributed by atoms with Gasteiger partial charge in [-0.3, -0.25) is 9.59 Å². The monoisotopic (exact) mass is 298 g/mol. The van der Waals surface area contributed by atoms with E-state index >= 15 is 0 Å². The Kier molecular flexibility index (Phi) is 3.48. The average molecular weight is 298 g/mol. The molecule has 4 atom stereocenters. The zero-order valence-electron chi connectivity index (χ0n) is 12.5. The van der Waals surface area contributed by atoms with Gasteiger partial charge in [-0.05, 0) is 33.1 Å². The van der Waals surface area contributed by atoms with Crippen LogP contribution in [-0.2, 0) is 23.8 Å². The Bertz CT molecular complexity index is 459. The number of carboxylic acid groups (broad SMARTS) is 1. The van der Waals surface area contributed by atoms with Crippen molar-refractivity contribution in [3.8, 4) is 0 Å². The Morgan fingerprint density at radius 1 is 1.38 bits per heavy atom. The van der Waals surface area contributed by atoms with Crippen molar-refractivity contribution < 1.29 is 28.9 Å². The summed E-state index contributed by atoms with van der Waals surface area (Å²) in [6.07, 6.45) is 3.33. The van der Waals surface area contributed by atoms with Gasteiger partial charge in [0, 0.05) is 19.3 Å². The molecule has 4 unspecified atom stereocenters. The fourth-order valence-electron chi connectivity index (χ4n) is 3.61. The molecule has 118 valence electrons. The van der Waals surface area contributed by atoms with E-state index in [2.05, 4.69) is 0 Å². The first-order valence-electron chi connectivity index (χ1n) is 7.61. The highest BCUT2D eigenvalue weighted by Gasteiger charge is 2.63. The van der Waals surface area contributed by atoms with Crippen LogP contribution < -0.4 is 0 Å². The van der Waals surface area contributed by atoms with Crippen molar-refractivity contribution in [3.63, 3.8) is 0 Å². The zero-order chi connectivity index (χ0) is 15.3. The SMILES string of the molecule is CC1(C)C(=O)OC2CC3(CCC(CCCC(=O)O)O3)OC21. The molecule has 21 heavy (non-hydrogen) atoms. The highest BCUT2D eigenvalue weighted by Crippen LogP contribution is 2.51.